The summed E-state index contributed by atoms with van der Waals surface area (Å²) in [4.78, 5) is 27.0. The number of aromatic nitrogens is 4. The largest absolute Gasteiger partial charge is 0.403 e. The molecular weight excluding hydrogens is 196 g/mol. The third-order valence-corrected chi connectivity index (χ3v) is 2.05. The molecule has 0 spiro atoms. The Bertz CT molecular complexity index is 707. The summed E-state index contributed by atoms with van der Waals surface area (Å²) in [6, 6.07) is 0. The molecule has 0 bridgehead atoms. The van der Waals surface area contributed by atoms with E-state index < -0.39 is 5.63 Å². The first kappa shape index (κ1) is 7.98. The first-order valence-electron chi connectivity index (χ1n) is 4.19. The quantitative estimate of drug-likeness (QED) is 0.492. The molecule has 0 fully saturated rings. The SMILES string of the molecule is O=c1oc2ncncc2c2ncncc12. The first-order valence-corrected chi connectivity index (χ1v) is 4.19. The van der Waals surface area contributed by atoms with E-state index in [1.807, 2.05) is 0 Å². The van der Waals surface area contributed by atoms with Crippen molar-refractivity contribution in [2.45, 2.75) is 0 Å². The van der Waals surface area contributed by atoms with E-state index in [2.05, 4.69) is 19.9 Å². The lowest BCUT2D eigenvalue weighted by Gasteiger charge is -1.97. The van der Waals surface area contributed by atoms with Gasteiger partial charge in [0.2, 0.25) is 5.71 Å². The predicted octanol–water partition coefficient (Wildman–Crippen LogP) is 0.526. The number of hydrogen-bond acceptors (Lipinski definition) is 6. The fraction of sp³-hybridized carbons (Fsp3) is 0. The van der Waals surface area contributed by atoms with Crippen LogP contribution in [0.1, 0.15) is 0 Å². The summed E-state index contributed by atoms with van der Waals surface area (Å²) in [6.45, 7) is 0. The molecule has 0 unspecified atom stereocenters. The summed E-state index contributed by atoms with van der Waals surface area (Å²) in [5.41, 5.74) is 0.259. The molecule has 3 aromatic rings. The highest BCUT2D eigenvalue weighted by Gasteiger charge is 2.08. The maximum Gasteiger partial charge on any atom is 0.348 e. The summed E-state index contributed by atoms with van der Waals surface area (Å²) in [7, 11) is 0. The van der Waals surface area contributed by atoms with Gasteiger partial charge in [-0.2, -0.15) is 0 Å². The molecule has 0 atom stereocenters. The molecule has 3 aromatic heterocycles. The van der Waals surface area contributed by atoms with Crippen molar-refractivity contribution in [3.63, 3.8) is 0 Å². The Labute approximate surface area is 82.6 Å². The molecule has 0 aromatic carbocycles. The van der Waals surface area contributed by atoms with Crippen LogP contribution in [-0.2, 0) is 0 Å². The highest BCUT2D eigenvalue weighted by Crippen LogP contribution is 2.16. The van der Waals surface area contributed by atoms with Crippen LogP contribution in [0.4, 0.5) is 0 Å². The summed E-state index contributed by atoms with van der Waals surface area (Å²) in [5.74, 6) is 0. The van der Waals surface area contributed by atoms with Crippen molar-refractivity contribution >= 4 is 22.0 Å². The molecule has 0 aliphatic rings. The second-order valence-corrected chi connectivity index (χ2v) is 2.92. The summed E-state index contributed by atoms with van der Waals surface area (Å²) in [6.07, 6.45) is 5.66. The van der Waals surface area contributed by atoms with Gasteiger partial charge in [0.1, 0.15) is 18.0 Å². The van der Waals surface area contributed by atoms with Gasteiger partial charge in [-0.1, -0.05) is 0 Å². The van der Waals surface area contributed by atoms with Gasteiger partial charge in [0.15, 0.2) is 0 Å². The van der Waals surface area contributed by atoms with Crippen LogP contribution < -0.4 is 5.63 Å². The van der Waals surface area contributed by atoms with Crippen molar-refractivity contribution in [3.05, 3.63) is 35.5 Å². The van der Waals surface area contributed by atoms with Crippen molar-refractivity contribution < 1.29 is 4.42 Å². The number of rotatable bonds is 0. The van der Waals surface area contributed by atoms with Crippen molar-refractivity contribution in [2.24, 2.45) is 0 Å². The number of nitrogens with zero attached hydrogens (tertiary/aromatic N) is 4. The van der Waals surface area contributed by atoms with Crippen LogP contribution in [0.3, 0.4) is 0 Å². The Kier molecular flexibility index (Phi) is 1.49. The van der Waals surface area contributed by atoms with Gasteiger partial charge >= 0.3 is 5.63 Å². The molecule has 3 rings (SSSR count). The lowest BCUT2D eigenvalue weighted by atomic mass is 10.2. The van der Waals surface area contributed by atoms with Crippen LogP contribution >= 0.6 is 0 Å². The number of hydrogen-bond donors (Lipinski definition) is 0. The maximum absolute atomic E-state index is 11.5. The third-order valence-electron chi connectivity index (χ3n) is 2.05. The smallest absolute Gasteiger partial charge is 0.348 e. The topological polar surface area (TPSA) is 81.8 Å². The summed E-state index contributed by atoms with van der Waals surface area (Å²) < 4.78 is 4.99. The van der Waals surface area contributed by atoms with Crippen molar-refractivity contribution in [3.8, 4) is 0 Å². The van der Waals surface area contributed by atoms with Crippen LogP contribution in [0, 0.1) is 0 Å². The lowest BCUT2D eigenvalue weighted by molar-refractivity contribution is 0.556. The van der Waals surface area contributed by atoms with Gasteiger partial charge in [0, 0.05) is 12.4 Å². The van der Waals surface area contributed by atoms with E-state index in [-0.39, 0.29) is 5.71 Å². The second kappa shape index (κ2) is 2.81. The van der Waals surface area contributed by atoms with E-state index >= 15 is 0 Å². The zero-order valence-electron chi connectivity index (χ0n) is 7.41. The Morgan fingerprint density at radius 2 is 1.73 bits per heavy atom. The Morgan fingerprint density at radius 1 is 1.00 bits per heavy atom. The zero-order valence-corrected chi connectivity index (χ0v) is 7.41. The van der Waals surface area contributed by atoms with Crippen molar-refractivity contribution in [1.82, 2.24) is 19.9 Å². The highest BCUT2D eigenvalue weighted by molar-refractivity contribution is 5.99. The average molecular weight is 200 g/mol. The third kappa shape index (κ3) is 1.08. The standard InChI is InChI=1S/C9H4N4O2/c14-9-6-2-11-3-12-7(6)5-1-10-4-13-8(5)15-9/h1-4H. The van der Waals surface area contributed by atoms with Gasteiger partial charge in [-0.3, -0.25) is 0 Å². The summed E-state index contributed by atoms with van der Waals surface area (Å²) >= 11 is 0. The normalized spacial score (nSPS) is 10.9. The molecule has 3 heterocycles. The molecule has 15 heavy (non-hydrogen) atoms. The summed E-state index contributed by atoms with van der Waals surface area (Å²) in [5, 5.41) is 0.939. The van der Waals surface area contributed by atoms with Crippen LogP contribution in [0.5, 0.6) is 0 Å². The first-order chi connectivity index (χ1) is 7.36. The minimum atomic E-state index is -0.489. The van der Waals surface area contributed by atoms with Crippen LogP contribution in [0.2, 0.25) is 0 Å². The van der Waals surface area contributed by atoms with Crippen LogP contribution in [-0.4, -0.2) is 19.9 Å². The molecule has 0 amide bonds. The molecule has 0 saturated heterocycles. The second-order valence-electron chi connectivity index (χ2n) is 2.92. The molecular formula is C9H4N4O2. The monoisotopic (exact) mass is 200 g/mol. The highest BCUT2D eigenvalue weighted by atomic mass is 16.4. The molecule has 72 valence electrons. The van der Waals surface area contributed by atoms with E-state index in [1.54, 1.807) is 6.20 Å². The van der Waals surface area contributed by atoms with Gasteiger partial charge in [-0.05, 0) is 0 Å². The van der Waals surface area contributed by atoms with Gasteiger partial charge in [-0.25, -0.2) is 24.7 Å². The fourth-order valence-electron chi connectivity index (χ4n) is 1.40. The van der Waals surface area contributed by atoms with Crippen LogP contribution in [0.25, 0.3) is 22.0 Å². The van der Waals surface area contributed by atoms with E-state index in [0.717, 1.165) is 0 Å². The average Bonchev–Trinajstić information content (AvgIpc) is 2.30. The zero-order chi connectivity index (χ0) is 10.3. The van der Waals surface area contributed by atoms with E-state index in [0.29, 0.717) is 16.3 Å². The van der Waals surface area contributed by atoms with Gasteiger partial charge in [0.25, 0.3) is 0 Å². The van der Waals surface area contributed by atoms with Crippen molar-refractivity contribution in [1.29, 1.82) is 0 Å². The molecule has 6 heteroatoms. The molecule has 0 aliphatic heterocycles. The van der Waals surface area contributed by atoms with E-state index in [1.165, 1.54) is 18.9 Å². The van der Waals surface area contributed by atoms with Gasteiger partial charge in [-0.15, -0.1) is 0 Å². The van der Waals surface area contributed by atoms with Crippen LogP contribution in [0.15, 0.2) is 34.3 Å². The maximum atomic E-state index is 11.5. The minimum Gasteiger partial charge on any atom is -0.403 e. The van der Waals surface area contributed by atoms with E-state index in [4.69, 9.17) is 4.42 Å². The van der Waals surface area contributed by atoms with Gasteiger partial charge < -0.3 is 4.42 Å². The van der Waals surface area contributed by atoms with Gasteiger partial charge in [0.05, 0.1) is 10.9 Å². The lowest BCUT2D eigenvalue weighted by Crippen LogP contribution is -2.02. The Morgan fingerprint density at radius 3 is 2.60 bits per heavy atom. The molecule has 0 N–H and O–H groups in total. The number of fused-ring (bicyclic) bond motifs is 3. The fourth-order valence-corrected chi connectivity index (χ4v) is 1.40. The molecule has 0 saturated carbocycles. The molecule has 0 aliphatic carbocycles. The predicted molar refractivity (Wildman–Crippen MR) is 51.2 cm³/mol. The van der Waals surface area contributed by atoms with Crippen molar-refractivity contribution in [2.75, 3.05) is 0 Å². The van der Waals surface area contributed by atoms with E-state index in [9.17, 15) is 4.79 Å². The Balaban J connectivity index is 2.70. The Hall–Kier alpha value is -2.37. The molecule has 6 nitrogen and oxygen atoms in total. The minimum absolute atomic E-state index is 0.237. The molecule has 0 radical (unpaired) electrons.